The zero-order valence-electron chi connectivity index (χ0n) is 36.6. The van der Waals surface area contributed by atoms with Gasteiger partial charge in [0.1, 0.15) is 6.61 Å². The Bertz CT molecular complexity index is 1150. The summed E-state index contributed by atoms with van der Waals surface area (Å²) in [4.78, 5) is 34.9. The third-order valence-corrected chi connectivity index (χ3v) is 10.5. The molecule has 0 aromatic rings. The molecule has 11 heteroatoms. The summed E-state index contributed by atoms with van der Waals surface area (Å²) in [5, 5.41) is 9.76. The van der Waals surface area contributed by atoms with Crippen LogP contribution < -0.4 is 5.73 Å². The van der Waals surface area contributed by atoms with E-state index >= 15 is 0 Å². The molecule has 0 saturated heterocycles. The quantitative estimate of drug-likeness (QED) is 0.0178. The van der Waals surface area contributed by atoms with Gasteiger partial charge in [0, 0.05) is 19.4 Å². The Morgan fingerprint density at radius 3 is 1.71 bits per heavy atom. The van der Waals surface area contributed by atoms with Crippen molar-refractivity contribution in [2.75, 3.05) is 26.4 Å². The number of phosphoric acid groups is 1. The fourth-order valence-corrected chi connectivity index (χ4v) is 6.87. The summed E-state index contributed by atoms with van der Waals surface area (Å²) in [6.45, 7) is 3.43. The van der Waals surface area contributed by atoms with Crippen LogP contribution >= 0.6 is 7.82 Å². The van der Waals surface area contributed by atoms with Crippen molar-refractivity contribution in [1.29, 1.82) is 0 Å². The number of hydrogen-bond donors (Lipinski definition) is 3. The molecule has 0 rings (SSSR count). The molecule has 0 aromatic carbocycles. The molecule has 336 valence electrons. The smallest absolute Gasteiger partial charge is 0.462 e. The van der Waals surface area contributed by atoms with E-state index in [2.05, 4.69) is 25.2 Å². The first-order valence-electron chi connectivity index (χ1n) is 22.9. The van der Waals surface area contributed by atoms with Crippen LogP contribution in [0.3, 0.4) is 0 Å². The van der Waals surface area contributed by atoms with Crippen LogP contribution in [0.25, 0.3) is 0 Å². The fraction of sp³-hybridized carbons (Fsp3) is 0.745. The van der Waals surface area contributed by atoms with Crippen LogP contribution in [0.5, 0.6) is 0 Å². The second-order valence-electron chi connectivity index (χ2n) is 15.1. The number of unbranched alkanes of at least 4 members (excludes halogenated alkanes) is 19. The third-order valence-electron chi connectivity index (χ3n) is 9.49. The van der Waals surface area contributed by atoms with Crippen LogP contribution in [0.2, 0.25) is 0 Å². The first-order valence-corrected chi connectivity index (χ1v) is 24.4. The summed E-state index contributed by atoms with van der Waals surface area (Å²) in [5.41, 5.74) is 5.35. The Balaban J connectivity index is 4.22. The predicted octanol–water partition coefficient (Wildman–Crippen LogP) is 12.2. The van der Waals surface area contributed by atoms with Crippen molar-refractivity contribution in [1.82, 2.24) is 0 Å². The molecule has 0 saturated carbocycles. The maximum absolute atomic E-state index is 12.6. The maximum Gasteiger partial charge on any atom is 0.472 e. The van der Waals surface area contributed by atoms with Gasteiger partial charge in [0.15, 0.2) is 6.10 Å². The Labute approximate surface area is 353 Å². The molecule has 10 nitrogen and oxygen atoms in total. The lowest BCUT2D eigenvalue weighted by molar-refractivity contribution is -0.161. The van der Waals surface area contributed by atoms with Crippen LogP contribution in [0.15, 0.2) is 60.8 Å². The highest BCUT2D eigenvalue weighted by atomic mass is 31.2. The number of aliphatic hydroxyl groups is 1. The second kappa shape index (κ2) is 42.8. The van der Waals surface area contributed by atoms with E-state index in [1.54, 1.807) is 0 Å². The molecule has 0 aliphatic rings. The van der Waals surface area contributed by atoms with Crippen molar-refractivity contribution in [3.8, 4) is 0 Å². The zero-order valence-corrected chi connectivity index (χ0v) is 37.5. The molecule has 0 spiro atoms. The van der Waals surface area contributed by atoms with E-state index in [0.717, 1.165) is 38.5 Å². The number of ether oxygens (including phenoxy) is 2. The number of aliphatic hydroxyl groups excluding tert-OH is 1. The first kappa shape index (κ1) is 55.7. The molecule has 2 unspecified atom stereocenters. The minimum atomic E-state index is -4.40. The third kappa shape index (κ3) is 41.8. The van der Waals surface area contributed by atoms with E-state index in [1.807, 2.05) is 49.5 Å². The van der Waals surface area contributed by atoms with E-state index in [9.17, 15) is 24.2 Å². The van der Waals surface area contributed by atoms with Crippen LogP contribution in [0.1, 0.15) is 187 Å². The lowest BCUT2D eigenvalue weighted by Gasteiger charge is -2.19. The van der Waals surface area contributed by atoms with Crippen LogP contribution in [-0.4, -0.2) is 60.5 Å². The van der Waals surface area contributed by atoms with Crippen molar-refractivity contribution in [3.63, 3.8) is 0 Å². The standard InChI is InChI=1S/C47H84NO9P/c1-3-5-7-8-9-10-11-12-13-14-15-16-17-18-23-26-29-32-35-39-47(51)57-45(43-56-58(52,53)55-41-40-48)42-54-46(50)38-34-31-28-25-22-20-19-21-24-27-30-33-37-44(49)36-6-4-2/h6,19-20,24-25,27-28,30,33,36,44-45,49H,3-5,7-18,21-23,26,29,31-32,34-35,37-43,48H2,1-2H3,(H,52,53)/b20-19-,27-24-,28-25-,33-30+,36-6-/t44?,45-/m1/s1. The number of nitrogens with two attached hydrogens (primary N) is 1. The van der Waals surface area contributed by atoms with Crippen LogP contribution in [0, 0.1) is 0 Å². The van der Waals surface area contributed by atoms with Gasteiger partial charge < -0.3 is 25.2 Å². The lowest BCUT2D eigenvalue weighted by atomic mass is 10.0. The van der Waals surface area contributed by atoms with E-state index in [0.29, 0.717) is 25.7 Å². The van der Waals surface area contributed by atoms with Crippen molar-refractivity contribution in [2.45, 2.75) is 199 Å². The normalized spacial score (nSPS) is 14.4. The molecule has 0 aliphatic heterocycles. The summed E-state index contributed by atoms with van der Waals surface area (Å²) in [6.07, 6.45) is 47.4. The Kier molecular flexibility index (Phi) is 41.1. The zero-order chi connectivity index (χ0) is 42.6. The van der Waals surface area contributed by atoms with Gasteiger partial charge in [-0.3, -0.25) is 18.6 Å². The van der Waals surface area contributed by atoms with Gasteiger partial charge in [0.05, 0.1) is 19.3 Å². The Morgan fingerprint density at radius 1 is 0.621 bits per heavy atom. The largest absolute Gasteiger partial charge is 0.472 e. The summed E-state index contributed by atoms with van der Waals surface area (Å²) in [6, 6.07) is 0. The molecular weight excluding hydrogens is 753 g/mol. The van der Waals surface area contributed by atoms with E-state index < -0.39 is 38.6 Å². The summed E-state index contributed by atoms with van der Waals surface area (Å²) in [7, 11) is -4.40. The summed E-state index contributed by atoms with van der Waals surface area (Å²) < 4.78 is 32.7. The highest BCUT2D eigenvalue weighted by Crippen LogP contribution is 2.43. The number of phosphoric ester groups is 1. The number of carbonyl (C=O) groups is 2. The first-order chi connectivity index (χ1) is 28.2. The summed E-state index contributed by atoms with van der Waals surface area (Å²) in [5.74, 6) is -0.918. The topological polar surface area (TPSA) is 155 Å². The number of hydrogen-bond acceptors (Lipinski definition) is 9. The molecule has 0 bridgehead atoms. The van der Waals surface area contributed by atoms with E-state index in [-0.39, 0.29) is 32.6 Å². The highest BCUT2D eigenvalue weighted by Gasteiger charge is 2.26. The van der Waals surface area contributed by atoms with E-state index in [1.165, 1.54) is 96.3 Å². The Morgan fingerprint density at radius 2 is 1.14 bits per heavy atom. The molecule has 58 heavy (non-hydrogen) atoms. The van der Waals surface area contributed by atoms with Crippen molar-refractivity contribution >= 4 is 19.8 Å². The molecule has 0 aromatic heterocycles. The highest BCUT2D eigenvalue weighted by molar-refractivity contribution is 7.47. The molecular formula is C47H84NO9P. The predicted molar refractivity (Wildman–Crippen MR) is 239 cm³/mol. The lowest BCUT2D eigenvalue weighted by Crippen LogP contribution is -2.29. The van der Waals surface area contributed by atoms with Crippen LogP contribution in [-0.2, 0) is 32.7 Å². The van der Waals surface area contributed by atoms with E-state index in [4.69, 9.17) is 24.3 Å². The van der Waals surface area contributed by atoms with Crippen molar-refractivity contribution in [2.24, 2.45) is 5.73 Å². The molecule has 0 aliphatic carbocycles. The molecule has 4 N–H and O–H groups in total. The Hall–Kier alpha value is -2.33. The average Bonchev–Trinajstić information content (AvgIpc) is 3.21. The average molecular weight is 838 g/mol. The number of allylic oxidation sites excluding steroid dienone is 8. The monoisotopic (exact) mass is 838 g/mol. The number of esters is 2. The van der Waals surface area contributed by atoms with Crippen molar-refractivity contribution in [3.05, 3.63) is 60.8 Å². The summed E-state index contributed by atoms with van der Waals surface area (Å²) >= 11 is 0. The molecule has 0 heterocycles. The maximum atomic E-state index is 12.6. The SMILES string of the molecule is CC/C=C\C(O)C/C=C/C=C\C/C=C\C/C=C\CCCC(=O)OC[C@H](COP(=O)(O)OCCN)OC(=O)CCCCCCCCCCCCCCCCCCCCC. The van der Waals surface area contributed by atoms with Gasteiger partial charge in [0.25, 0.3) is 0 Å². The molecule has 0 radical (unpaired) electrons. The van der Waals surface area contributed by atoms with Crippen molar-refractivity contribution < 1.29 is 42.7 Å². The fourth-order valence-electron chi connectivity index (χ4n) is 6.10. The van der Waals surface area contributed by atoms with Gasteiger partial charge in [-0.25, -0.2) is 4.57 Å². The van der Waals surface area contributed by atoms with Gasteiger partial charge in [0.2, 0.25) is 0 Å². The van der Waals surface area contributed by atoms with Crippen LogP contribution in [0.4, 0.5) is 0 Å². The second-order valence-corrected chi connectivity index (χ2v) is 16.6. The number of carbonyl (C=O) groups excluding carboxylic acids is 2. The van der Waals surface area contributed by atoms with Gasteiger partial charge in [-0.1, -0.05) is 190 Å². The number of rotatable bonds is 42. The van der Waals surface area contributed by atoms with Gasteiger partial charge in [-0.15, -0.1) is 0 Å². The van der Waals surface area contributed by atoms with Gasteiger partial charge >= 0.3 is 19.8 Å². The van der Waals surface area contributed by atoms with Gasteiger partial charge in [-0.05, 0) is 44.9 Å². The minimum Gasteiger partial charge on any atom is -0.462 e. The molecule has 3 atom stereocenters. The molecule has 0 fully saturated rings. The van der Waals surface area contributed by atoms with Gasteiger partial charge in [-0.2, -0.15) is 0 Å². The minimum absolute atomic E-state index is 0.0381. The molecule has 0 amide bonds.